The first-order valence-electron chi connectivity index (χ1n) is 6.46. The van der Waals surface area contributed by atoms with Gasteiger partial charge < -0.3 is 5.11 Å². The Bertz CT molecular complexity index is 645. The van der Waals surface area contributed by atoms with Crippen LogP contribution < -0.4 is 5.01 Å². The first-order chi connectivity index (χ1) is 9.76. The van der Waals surface area contributed by atoms with Crippen molar-refractivity contribution in [3.05, 3.63) is 59.7 Å². The van der Waals surface area contributed by atoms with Crippen LogP contribution in [0.4, 0.5) is 5.69 Å². The van der Waals surface area contributed by atoms with Crippen LogP contribution >= 0.6 is 0 Å². The van der Waals surface area contributed by atoms with Crippen LogP contribution in [0.3, 0.4) is 0 Å². The summed E-state index contributed by atoms with van der Waals surface area (Å²) in [5.41, 5.74) is 3.68. The van der Waals surface area contributed by atoms with E-state index in [4.69, 9.17) is 0 Å². The molecule has 0 bridgehead atoms. The highest BCUT2D eigenvalue weighted by Crippen LogP contribution is 2.23. The lowest BCUT2D eigenvalue weighted by atomic mass is 10.1. The lowest BCUT2D eigenvalue weighted by molar-refractivity contribution is 0.112. The molecule has 0 saturated heterocycles. The summed E-state index contributed by atoms with van der Waals surface area (Å²) in [6.07, 6.45) is 1.70. The lowest BCUT2D eigenvalue weighted by Gasteiger charge is -2.12. The summed E-state index contributed by atoms with van der Waals surface area (Å²) in [4.78, 5) is 10.6. The molecular weight excluding hydrogens is 252 g/mol. The summed E-state index contributed by atoms with van der Waals surface area (Å²) in [5, 5.41) is 15.8. The molecule has 1 aliphatic rings. The van der Waals surface area contributed by atoms with E-state index < -0.39 is 0 Å². The molecule has 0 radical (unpaired) electrons. The highest BCUT2D eigenvalue weighted by atomic mass is 16.3. The summed E-state index contributed by atoms with van der Waals surface area (Å²) in [6, 6.07) is 14.4. The number of hydrogen-bond donors (Lipinski definition) is 1. The Balaban J connectivity index is 1.83. The van der Waals surface area contributed by atoms with Crippen molar-refractivity contribution >= 4 is 17.7 Å². The van der Waals surface area contributed by atoms with Gasteiger partial charge in [-0.3, -0.25) is 9.80 Å². The first kappa shape index (κ1) is 12.4. The number of phenolic OH excluding ortho intramolecular Hbond substituents is 1. The minimum atomic E-state index is 0.251. The molecule has 4 heteroatoms. The first-order valence-corrected chi connectivity index (χ1v) is 6.46. The molecule has 0 saturated carbocycles. The number of rotatable bonds is 3. The molecule has 20 heavy (non-hydrogen) atoms. The van der Waals surface area contributed by atoms with Crippen LogP contribution in [0.25, 0.3) is 0 Å². The molecule has 0 unspecified atom stereocenters. The molecule has 1 N–H and O–H groups in total. The van der Waals surface area contributed by atoms with Gasteiger partial charge in [0.15, 0.2) is 0 Å². The minimum Gasteiger partial charge on any atom is -0.508 e. The molecule has 3 rings (SSSR count). The summed E-state index contributed by atoms with van der Waals surface area (Å²) in [6.45, 7) is 0.815. The normalized spacial score (nSPS) is 14.2. The third-order valence-corrected chi connectivity index (χ3v) is 3.33. The Hall–Kier alpha value is -2.62. The van der Waals surface area contributed by atoms with Crippen molar-refractivity contribution in [2.75, 3.05) is 11.6 Å². The van der Waals surface area contributed by atoms with Crippen LogP contribution in [-0.4, -0.2) is 23.6 Å². The van der Waals surface area contributed by atoms with Crippen LogP contribution in [0.1, 0.15) is 22.3 Å². The molecule has 0 amide bonds. The summed E-state index contributed by atoms with van der Waals surface area (Å²) >= 11 is 0. The van der Waals surface area contributed by atoms with Crippen molar-refractivity contribution in [2.45, 2.75) is 6.42 Å². The molecule has 0 fully saturated rings. The standard InChI is InChI=1S/C16H14N2O2/c19-11-12-1-3-13(4-2-12)16-9-10-18(17-16)14-5-7-15(20)8-6-14/h1-8,11,20H,9-10H2. The van der Waals surface area contributed by atoms with Gasteiger partial charge in [0.05, 0.1) is 11.4 Å². The fraction of sp³-hybridized carbons (Fsp3) is 0.125. The van der Waals surface area contributed by atoms with Gasteiger partial charge in [-0.1, -0.05) is 24.3 Å². The van der Waals surface area contributed by atoms with E-state index in [0.717, 1.165) is 36.2 Å². The maximum Gasteiger partial charge on any atom is 0.150 e. The SMILES string of the molecule is O=Cc1ccc(C2=NN(c3ccc(O)cc3)CC2)cc1. The van der Waals surface area contributed by atoms with Gasteiger partial charge in [-0.05, 0) is 29.8 Å². The molecule has 0 aliphatic carbocycles. The van der Waals surface area contributed by atoms with Gasteiger partial charge in [-0.2, -0.15) is 5.10 Å². The molecule has 1 aliphatic heterocycles. The van der Waals surface area contributed by atoms with Gasteiger partial charge >= 0.3 is 0 Å². The second-order valence-corrected chi connectivity index (χ2v) is 4.68. The molecule has 0 aromatic heterocycles. The van der Waals surface area contributed by atoms with Crippen molar-refractivity contribution in [1.29, 1.82) is 0 Å². The molecule has 2 aromatic rings. The Morgan fingerprint density at radius 2 is 1.75 bits per heavy atom. The van der Waals surface area contributed by atoms with E-state index in [2.05, 4.69) is 5.10 Å². The zero-order chi connectivity index (χ0) is 13.9. The number of benzene rings is 2. The Morgan fingerprint density at radius 3 is 2.40 bits per heavy atom. The summed E-state index contributed by atoms with van der Waals surface area (Å²) in [7, 11) is 0. The van der Waals surface area contributed by atoms with Crippen molar-refractivity contribution in [2.24, 2.45) is 5.10 Å². The van der Waals surface area contributed by atoms with Gasteiger partial charge in [-0.25, -0.2) is 0 Å². The summed E-state index contributed by atoms with van der Waals surface area (Å²) < 4.78 is 0. The van der Waals surface area contributed by atoms with Crippen LogP contribution in [-0.2, 0) is 0 Å². The van der Waals surface area contributed by atoms with Gasteiger partial charge in [0.1, 0.15) is 12.0 Å². The summed E-state index contributed by atoms with van der Waals surface area (Å²) in [5.74, 6) is 0.251. The van der Waals surface area contributed by atoms with E-state index in [1.54, 1.807) is 24.3 Å². The van der Waals surface area contributed by atoms with Crippen molar-refractivity contribution in [3.8, 4) is 5.75 Å². The average Bonchev–Trinajstić information content (AvgIpc) is 2.98. The van der Waals surface area contributed by atoms with Gasteiger partial charge in [0.25, 0.3) is 0 Å². The monoisotopic (exact) mass is 266 g/mol. The number of hydrazone groups is 1. The third kappa shape index (κ3) is 2.40. The predicted molar refractivity (Wildman–Crippen MR) is 78.4 cm³/mol. The largest absolute Gasteiger partial charge is 0.508 e. The molecule has 0 atom stereocenters. The lowest BCUT2D eigenvalue weighted by Crippen LogP contribution is -2.11. The fourth-order valence-electron chi connectivity index (χ4n) is 2.23. The topological polar surface area (TPSA) is 52.9 Å². The van der Waals surface area contributed by atoms with Crippen LogP contribution in [0.5, 0.6) is 5.75 Å². The Morgan fingerprint density at radius 1 is 1.05 bits per heavy atom. The maximum absolute atomic E-state index is 10.6. The Kier molecular flexibility index (Phi) is 3.21. The molecule has 2 aromatic carbocycles. The maximum atomic E-state index is 10.6. The van der Waals surface area contributed by atoms with E-state index in [0.29, 0.717) is 5.56 Å². The average molecular weight is 266 g/mol. The van der Waals surface area contributed by atoms with Gasteiger partial charge in [0, 0.05) is 18.5 Å². The number of carbonyl (C=O) groups excluding carboxylic acids is 1. The Labute approximate surface area is 117 Å². The number of hydrogen-bond acceptors (Lipinski definition) is 4. The highest BCUT2D eigenvalue weighted by molar-refractivity contribution is 6.03. The number of aromatic hydroxyl groups is 1. The van der Waals surface area contributed by atoms with Gasteiger partial charge in [-0.15, -0.1) is 0 Å². The number of anilines is 1. The smallest absolute Gasteiger partial charge is 0.150 e. The van der Waals surface area contributed by atoms with Crippen LogP contribution in [0.15, 0.2) is 53.6 Å². The molecule has 100 valence electrons. The van der Waals surface area contributed by atoms with Crippen LogP contribution in [0, 0.1) is 0 Å². The second kappa shape index (κ2) is 5.17. The van der Waals surface area contributed by atoms with Crippen LogP contribution in [0.2, 0.25) is 0 Å². The molecular formula is C16H14N2O2. The number of carbonyl (C=O) groups is 1. The molecule has 4 nitrogen and oxygen atoms in total. The van der Waals surface area contributed by atoms with Crippen molar-refractivity contribution < 1.29 is 9.90 Å². The van der Waals surface area contributed by atoms with Crippen molar-refractivity contribution in [1.82, 2.24) is 0 Å². The number of nitrogens with zero attached hydrogens (tertiary/aromatic N) is 2. The number of phenols is 1. The van der Waals surface area contributed by atoms with E-state index in [9.17, 15) is 9.90 Å². The zero-order valence-electron chi connectivity index (χ0n) is 10.9. The molecule has 0 spiro atoms. The number of aldehydes is 1. The second-order valence-electron chi connectivity index (χ2n) is 4.68. The third-order valence-electron chi connectivity index (χ3n) is 3.33. The van der Waals surface area contributed by atoms with E-state index in [1.165, 1.54) is 0 Å². The zero-order valence-corrected chi connectivity index (χ0v) is 10.9. The highest BCUT2D eigenvalue weighted by Gasteiger charge is 2.17. The fourth-order valence-corrected chi connectivity index (χ4v) is 2.23. The van der Waals surface area contributed by atoms with Crippen molar-refractivity contribution in [3.63, 3.8) is 0 Å². The van der Waals surface area contributed by atoms with E-state index >= 15 is 0 Å². The van der Waals surface area contributed by atoms with E-state index in [1.807, 2.05) is 29.3 Å². The predicted octanol–water partition coefficient (Wildman–Crippen LogP) is 2.82. The van der Waals surface area contributed by atoms with Gasteiger partial charge in [0.2, 0.25) is 0 Å². The van der Waals surface area contributed by atoms with E-state index in [-0.39, 0.29) is 5.75 Å². The minimum absolute atomic E-state index is 0.251. The molecule has 1 heterocycles. The quantitative estimate of drug-likeness (QED) is 0.869.